The molecule has 1 amide bonds. The fourth-order valence-corrected chi connectivity index (χ4v) is 7.58. The molecule has 300 valence electrons. The molecule has 12 nitrogen and oxygen atoms in total. The number of halogens is 6. The number of hydrogen-bond acceptors (Lipinski definition) is 8. The predicted octanol–water partition coefficient (Wildman–Crippen LogP) is 2.24. The number of nitrogens with zero attached hydrogens (tertiary/aromatic N) is 4. The number of aliphatic hydroxyl groups excluding tert-OH is 1. The smallest absolute Gasteiger partial charge is 1.00 e. The van der Waals surface area contributed by atoms with Crippen LogP contribution in [0.5, 0.6) is 0 Å². The first-order valence-corrected chi connectivity index (χ1v) is 19.1. The largest absolute Gasteiger partial charge is 1.00 e. The number of carbonyl (C=O) groups is 1. The zero-order chi connectivity index (χ0) is 41.0. The molecule has 1 aliphatic rings. The fourth-order valence-electron chi connectivity index (χ4n) is 5.69. The van der Waals surface area contributed by atoms with Gasteiger partial charge in [0.25, 0.3) is 15.9 Å². The molecule has 0 unspecified atom stereocenters. The maximum Gasteiger partial charge on any atom is 1.00 e. The van der Waals surface area contributed by atoms with Crippen molar-refractivity contribution in [2.75, 3.05) is 0 Å². The summed E-state index contributed by atoms with van der Waals surface area (Å²) in [5.74, 6) is -0.836. The Morgan fingerprint density at radius 2 is 1.17 bits per heavy atom. The van der Waals surface area contributed by atoms with Crippen LogP contribution in [0, 0.1) is 13.8 Å². The molecule has 0 aliphatic carbocycles. The second kappa shape index (κ2) is 16.9. The number of benzene rings is 4. The Hall–Kier alpha value is -4.70. The zero-order valence-electron chi connectivity index (χ0n) is 30.9. The van der Waals surface area contributed by atoms with E-state index in [0.29, 0.717) is 11.1 Å². The van der Waals surface area contributed by atoms with Gasteiger partial charge in [0.2, 0.25) is 10.0 Å². The third-order valence-corrected chi connectivity index (χ3v) is 10.8. The van der Waals surface area contributed by atoms with Crippen LogP contribution in [0.25, 0.3) is 33.9 Å². The van der Waals surface area contributed by atoms with Gasteiger partial charge in [-0.2, -0.15) is 36.5 Å². The van der Waals surface area contributed by atoms with Gasteiger partial charge in [-0.1, -0.05) is 59.7 Å². The van der Waals surface area contributed by atoms with Gasteiger partial charge in [-0.15, -0.1) is 0 Å². The first-order chi connectivity index (χ1) is 26.1. The van der Waals surface area contributed by atoms with E-state index < -0.39 is 56.3 Å². The Kier molecular flexibility index (Phi) is 13.4. The Labute approximate surface area is 351 Å². The molecule has 4 aromatic carbocycles. The van der Waals surface area contributed by atoms with Crippen LogP contribution in [0.15, 0.2) is 107 Å². The summed E-state index contributed by atoms with van der Waals surface area (Å²) < 4.78 is 130. The Morgan fingerprint density at radius 1 is 0.741 bits per heavy atom. The number of hydrogen-bond donors (Lipinski definition) is 3. The van der Waals surface area contributed by atoms with Gasteiger partial charge >= 0.3 is 31.2 Å². The van der Waals surface area contributed by atoms with Crippen LogP contribution in [0.4, 0.5) is 26.3 Å². The average molecular weight is 857 g/mol. The SMILES string of the molecule is Cc1ccc(-c2cc(C(F)(F)F)nn2-c2ccc(S(N)(=O)=O)c(CO)c2)cc1.Cc1ccc(-c2cc(C(F)(F)F)nn2-c2ccc3c(c2)C(=O)NS3(=O)=O)cc1.[AlH3].[H-].[Li+]. The van der Waals surface area contributed by atoms with E-state index in [4.69, 9.17) is 5.14 Å². The molecule has 58 heavy (non-hydrogen) atoms. The van der Waals surface area contributed by atoms with Gasteiger partial charge in [-0.25, -0.2) is 36.1 Å². The molecule has 0 bridgehead atoms. The molecule has 22 heteroatoms. The van der Waals surface area contributed by atoms with E-state index in [1.807, 2.05) is 18.6 Å². The van der Waals surface area contributed by atoms with Gasteiger partial charge in [0.05, 0.1) is 39.8 Å². The summed E-state index contributed by atoms with van der Waals surface area (Å²) >= 11 is 0. The Bertz CT molecular complexity index is 2730. The van der Waals surface area contributed by atoms with Crippen LogP contribution < -0.4 is 28.7 Å². The van der Waals surface area contributed by atoms with Crippen molar-refractivity contribution in [3.05, 3.63) is 131 Å². The van der Waals surface area contributed by atoms with Crippen molar-refractivity contribution in [1.29, 1.82) is 0 Å². The maximum atomic E-state index is 13.2. The monoisotopic (exact) mass is 856 g/mol. The van der Waals surface area contributed by atoms with Gasteiger partial charge in [-0.05, 0) is 67.9 Å². The molecule has 1 aliphatic heterocycles. The number of fused-ring (bicyclic) bond motifs is 1. The number of sulfonamides is 2. The van der Waals surface area contributed by atoms with Crippen LogP contribution in [0.1, 0.15) is 39.9 Å². The quantitative estimate of drug-likeness (QED) is 0.169. The number of primary sulfonamides is 1. The number of carbonyl (C=O) groups excluding carboxylic acids is 1. The van der Waals surface area contributed by atoms with Crippen LogP contribution in [-0.2, 0) is 39.0 Å². The second-order valence-electron chi connectivity index (χ2n) is 12.5. The van der Waals surface area contributed by atoms with Crippen molar-refractivity contribution >= 4 is 43.3 Å². The number of nitrogens with two attached hydrogens (primary N) is 1. The molecule has 0 saturated carbocycles. The van der Waals surface area contributed by atoms with Crippen molar-refractivity contribution in [1.82, 2.24) is 24.3 Å². The molecule has 0 radical (unpaired) electrons. The second-order valence-corrected chi connectivity index (χ2v) is 15.7. The number of amides is 1. The summed E-state index contributed by atoms with van der Waals surface area (Å²) in [6.45, 7) is 3.04. The topological polar surface area (TPSA) is 179 Å². The van der Waals surface area contributed by atoms with Crippen molar-refractivity contribution in [3.8, 4) is 33.9 Å². The first-order valence-electron chi connectivity index (χ1n) is 16.0. The third kappa shape index (κ3) is 9.60. The average Bonchev–Trinajstić information content (AvgIpc) is 3.83. The standard InChI is InChI=1S/C18H12F3N3O3S.C18H16F3N3O3S.Al.Li.4H/c1-10-2-4-11(5-3-10)14-9-16(18(19,20)21)22-24(14)12-6-7-15-13(8-12)17(25)23-28(15,26)27;1-11-2-4-12(5-3-11)15-9-17(18(19,20)21)23-24(15)14-6-7-16(28(22,26)27)13(8-14)10-25;;;;;;/h2-9H,1H3,(H,23,25);2-9,25H,10H2,1H3,(H2,22,26,27);;;;;;/q;;;+1;;;;-1. The minimum Gasteiger partial charge on any atom is -1.00 e. The molecule has 0 saturated heterocycles. The predicted molar refractivity (Wildman–Crippen MR) is 200 cm³/mol. The molecule has 0 spiro atoms. The number of rotatable bonds is 6. The number of aromatic nitrogens is 4. The van der Waals surface area contributed by atoms with Crippen molar-refractivity contribution in [3.63, 3.8) is 0 Å². The van der Waals surface area contributed by atoms with E-state index in [0.717, 1.165) is 38.7 Å². The van der Waals surface area contributed by atoms with Gasteiger partial charge < -0.3 is 6.53 Å². The van der Waals surface area contributed by atoms with E-state index in [2.05, 4.69) is 10.2 Å². The van der Waals surface area contributed by atoms with Crippen LogP contribution in [0.2, 0.25) is 0 Å². The van der Waals surface area contributed by atoms with Gasteiger partial charge in [0.1, 0.15) is 4.90 Å². The van der Waals surface area contributed by atoms with Crippen LogP contribution in [0.3, 0.4) is 0 Å². The van der Waals surface area contributed by atoms with E-state index >= 15 is 0 Å². The number of aryl methyl sites for hydroxylation is 2. The van der Waals surface area contributed by atoms with Crippen molar-refractivity contribution in [2.45, 2.75) is 42.6 Å². The van der Waals surface area contributed by atoms with E-state index in [1.54, 1.807) is 48.5 Å². The molecule has 2 aromatic heterocycles. The summed E-state index contributed by atoms with van der Waals surface area (Å²) in [6.07, 6.45) is -9.33. The zero-order valence-corrected chi connectivity index (χ0v) is 31.5. The maximum absolute atomic E-state index is 13.2. The summed E-state index contributed by atoms with van der Waals surface area (Å²) in [4.78, 5) is 11.4. The number of alkyl halides is 6. The third-order valence-electron chi connectivity index (χ3n) is 8.43. The molecule has 0 atom stereocenters. The van der Waals surface area contributed by atoms with Crippen molar-refractivity contribution in [2.24, 2.45) is 5.14 Å². The molecule has 3 heterocycles. The van der Waals surface area contributed by atoms with E-state index in [1.165, 1.54) is 30.3 Å². The van der Waals surface area contributed by atoms with Gasteiger partial charge in [-0.3, -0.25) is 4.79 Å². The summed E-state index contributed by atoms with van der Waals surface area (Å²) in [7, 11) is -8.05. The van der Waals surface area contributed by atoms with E-state index in [9.17, 15) is 53.1 Å². The summed E-state index contributed by atoms with van der Waals surface area (Å²) in [5, 5.41) is 21.9. The summed E-state index contributed by atoms with van der Waals surface area (Å²) in [6, 6.07) is 22.8. The minimum absolute atomic E-state index is 0. The molecule has 4 N–H and O–H groups in total. The summed E-state index contributed by atoms with van der Waals surface area (Å²) in [5.41, 5.74) is 1.10. The molecule has 7 rings (SSSR count). The Balaban J connectivity index is 0.000000300. The van der Waals surface area contributed by atoms with E-state index in [-0.39, 0.29) is 81.3 Å². The number of aliphatic hydroxyl groups is 1. The minimum atomic E-state index is -4.66. The molecule has 0 fully saturated rings. The van der Waals surface area contributed by atoms with Crippen molar-refractivity contribution < 1.29 is 73.4 Å². The van der Waals surface area contributed by atoms with Gasteiger partial charge in [0, 0.05) is 11.1 Å². The first kappa shape index (κ1) is 46.0. The molecule has 6 aromatic rings. The van der Waals surface area contributed by atoms with Crippen LogP contribution in [-0.4, -0.2) is 64.8 Å². The normalized spacial score (nSPS) is 13.4. The molecular weight excluding hydrogens is 824 g/mol. The van der Waals surface area contributed by atoms with Crippen LogP contribution >= 0.6 is 0 Å². The van der Waals surface area contributed by atoms with Gasteiger partial charge in [0.15, 0.2) is 28.7 Å². The fraction of sp³-hybridized carbons (Fsp3) is 0.139. The Morgan fingerprint density at radius 3 is 1.59 bits per heavy atom. The molecular formula is C36H32AlF6LiN6O6S2. The number of nitrogens with one attached hydrogen (secondary N) is 1.